The second-order valence-corrected chi connectivity index (χ2v) is 11.2. The SMILES string of the molecule is O=Cc1ccc2nc(CN3CCC(c4cccc(NCc5ccc6ncccc6c5)n4)CC3)n(CC3CCO3)c2c1. The molecule has 0 spiro atoms. The lowest BCUT2D eigenvalue weighted by molar-refractivity contribution is -0.0592. The van der Waals surface area contributed by atoms with Crippen molar-refractivity contribution >= 4 is 34.0 Å². The van der Waals surface area contributed by atoms with E-state index in [0.29, 0.717) is 11.5 Å². The molecular weight excluding hydrogens is 512 g/mol. The molecule has 0 radical (unpaired) electrons. The minimum Gasteiger partial charge on any atom is -0.376 e. The Morgan fingerprint density at radius 3 is 2.66 bits per heavy atom. The summed E-state index contributed by atoms with van der Waals surface area (Å²) < 4.78 is 8.01. The summed E-state index contributed by atoms with van der Waals surface area (Å²) >= 11 is 0. The van der Waals surface area contributed by atoms with Crippen molar-refractivity contribution in [3.63, 3.8) is 0 Å². The molecule has 1 unspecified atom stereocenters. The van der Waals surface area contributed by atoms with E-state index in [0.717, 1.165) is 104 Å². The zero-order valence-electron chi connectivity index (χ0n) is 23.1. The predicted octanol–water partition coefficient (Wildman–Crippen LogP) is 5.57. The van der Waals surface area contributed by atoms with Crippen LogP contribution in [0, 0.1) is 0 Å². The maximum absolute atomic E-state index is 11.4. The molecule has 208 valence electrons. The van der Waals surface area contributed by atoms with Crippen molar-refractivity contribution in [3.05, 3.63) is 95.6 Å². The third kappa shape index (κ3) is 5.58. The third-order valence-electron chi connectivity index (χ3n) is 8.45. The van der Waals surface area contributed by atoms with E-state index in [-0.39, 0.29) is 6.10 Å². The summed E-state index contributed by atoms with van der Waals surface area (Å²) in [6.07, 6.45) is 6.15. The van der Waals surface area contributed by atoms with E-state index in [1.165, 1.54) is 5.56 Å². The molecule has 2 saturated heterocycles. The van der Waals surface area contributed by atoms with Gasteiger partial charge in [0.1, 0.15) is 17.9 Å². The molecule has 2 aliphatic rings. The molecule has 0 amide bonds. The normalized spacial score (nSPS) is 18.0. The van der Waals surface area contributed by atoms with Crippen molar-refractivity contribution in [1.29, 1.82) is 0 Å². The first kappa shape index (κ1) is 25.8. The highest BCUT2D eigenvalue weighted by atomic mass is 16.5. The molecule has 8 heteroatoms. The number of ether oxygens (including phenoxy) is 1. The molecule has 0 bridgehead atoms. The van der Waals surface area contributed by atoms with Crippen LogP contribution in [0.15, 0.2) is 72.9 Å². The monoisotopic (exact) mass is 546 g/mol. The Hall–Kier alpha value is -4.14. The Bertz CT molecular complexity index is 1690. The van der Waals surface area contributed by atoms with E-state index < -0.39 is 0 Å². The van der Waals surface area contributed by atoms with Crippen molar-refractivity contribution in [2.45, 2.75) is 50.9 Å². The average Bonchev–Trinajstić information content (AvgIpc) is 3.34. The number of anilines is 1. The van der Waals surface area contributed by atoms with Gasteiger partial charge in [-0.1, -0.05) is 18.2 Å². The smallest absolute Gasteiger partial charge is 0.150 e. The van der Waals surface area contributed by atoms with Crippen LogP contribution in [0.3, 0.4) is 0 Å². The number of aldehydes is 1. The second kappa shape index (κ2) is 11.4. The highest BCUT2D eigenvalue weighted by Gasteiger charge is 2.26. The molecule has 0 aliphatic carbocycles. The molecule has 2 aliphatic heterocycles. The van der Waals surface area contributed by atoms with Gasteiger partial charge in [-0.05, 0) is 86.4 Å². The Kier molecular flexibility index (Phi) is 7.17. The topological polar surface area (TPSA) is 85.2 Å². The van der Waals surface area contributed by atoms with Gasteiger partial charge in [-0.25, -0.2) is 9.97 Å². The number of hydrogen-bond acceptors (Lipinski definition) is 7. The molecule has 1 atom stereocenters. The van der Waals surface area contributed by atoms with Gasteiger partial charge in [0, 0.05) is 41.9 Å². The van der Waals surface area contributed by atoms with Crippen molar-refractivity contribution in [2.24, 2.45) is 0 Å². The number of pyridine rings is 2. The summed E-state index contributed by atoms with van der Waals surface area (Å²) in [6, 6.07) is 22.5. The number of nitrogens with zero attached hydrogens (tertiary/aromatic N) is 5. The number of fused-ring (bicyclic) bond motifs is 2. The maximum atomic E-state index is 11.4. The fourth-order valence-electron chi connectivity index (χ4n) is 6.01. The van der Waals surface area contributed by atoms with Gasteiger partial charge in [0.15, 0.2) is 0 Å². The molecule has 8 nitrogen and oxygen atoms in total. The van der Waals surface area contributed by atoms with Crippen LogP contribution in [-0.2, 0) is 24.4 Å². The zero-order valence-corrected chi connectivity index (χ0v) is 23.1. The van der Waals surface area contributed by atoms with E-state index in [1.54, 1.807) is 0 Å². The molecule has 7 rings (SSSR count). The third-order valence-corrected chi connectivity index (χ3v) is 8.45. The zero-order chi connectivity index (χ0) is 27.6. The number of piperidine rings is 1. The fraction of sp³-hybridized carbons (Fsp3) is 0.333. The number of benzene rings is 2. The minimum absolute atomic E-state index is 0.224. The number of nitrogens with one attached hydrogen (secondary N) is 1. The van der Waals surface area contributed by atoms with Gasteiger partial charge in [0.2, 0.25) is 0 Å². The van der Waals surface area contributed by atoms with Crippen LogP contribution < -0.4 is 5.32 Å². The highest BCUT2D eigenvalue weighted by molar-refractivity contribution is 5.85. The van der Waals surface area contributed by atoms with Crippen LogP contribution in [0.25, 0.3) is 21.9 Å². The number of rotatable bonds is 9. The highest BCUT2D eigenvalue weighted by Crippen LogP contribution is 2.29. The van der Waals surface area contributed by atoms with Crippen molar-refractivity contribution in [1.82, 2.24) is 24.4 Å². The Morgan fingerprint density at radius 1 is 0.951 bits per heavy atom. The van der Waals surface area contributed by atoms with Crippen molar-refractivity contribution in [3.8, 4) is 0 Å². The van der Waals surface area contributed by atoms with E-state index >= 15 is 0 Å². The molecule has 1 N–H and O–H groups in total. The molecular formula is C33H34N6O2. The fourth-order valence-corrected chi connectivity index (χ4v) is 6.01. The van der Waals surface area contributed by atoms with Crippen molar-refractivity contribution < 1.29 is 9.53 Å². The van der Waals surface area contributed by atoms with E-state index in [9.17, 15) is 4.79 Å². The van der Waals surface area contributed by atoms with Crippen LogP contribution in [-0.4, -0.2) is 56.5 Å². The largest absolute Gasteiger partial charge is 0.376 e. The van der Waals surface area contributed by atoms with Gasteiger partial charge in [0.25, 0.3) is 0 Å². The standard InChI is InChI=1S/C33H34N6O2/c40-22-24-7-9-30-31(18-24)39(20-27-12-16-41-27)33(37-30)21-38-14-10-25(11-15-38)29-4-1-5-32(36-29)35-19-23-6-8-28-26(17-23)3-2-13-34-28/h1-9,13,17-18,22,25,27H,10-12,14-16,19-21H2,(H,35,36). The summed E-state index contributed by atoms with van der Waals surface area (Å²) in [7, 11) is 0. The molecule has 2 fully saturated rings. The molecule has 5 heterocycles. The number of aromatic nitrogens is 4. The van der Waals surface area contributed by atoms with Crippen LogP contribution in [0.1, 0.15) is 52.6 Å². The van der Waals surface area contributed by atoms with E-state index in [2.05, 4.69) is 56.2 Å². The number of carbonyl (C=O) groups excluding carboxylic acids is 1. The summed E-state index contributed by atoms with van der Waals surface area (Å²) in [4.78, 5) is 28.3. The molecule has 0 saturated carbocycles. The molecule has 41 heavy (non-hydrogen) atoms. The lowest BCUT2D eigenvalue weighted by atomic mass is 9.93. The first-order chi connectivity index (χ1) is 20.2. The van der Waals surface area contributed by atoms with Crippen molar-refractivity contribution in [2.75, 3.05) is 25.0 Å². The molecule has 2 aromatic carbocycles. The minimum atomic E-state index is 0.224. The summed E-state index contributed by atoms with van der Waals surface area (Å²) in [5.41, 5.74) is 6.02. The predicted molar refractivity (Wildman–Crippen MR) is 160 cm³/mol. The summed E-state index contributed by atoms with van der Waals surface area (Å²) in [5, 5.41) is 4.66. The Morgan fingerprint density at radius 2 is 1.83 bits per heavy atom. The van der Waals surface area contributed by atoms with Crippen LogP contribution in [0.4, 0.5) is 5.82 Å². The number of likely N-dealkylation sites (tertiary alicyclic amines) is 1. The van der Waals surface area contributed by atoms with E-state index in [1.807, 2.05) is 36.5 Å². The van der Waals surface area contributed by atoms with Gasteiger partial charge in [-0.2, -0.15) is 0 Å². The number of imidazole rings is 1. The molecule has 5 aromatic rings. The number of carbonyl (C=O) groups is 1. The average molecular weight is 547 g/mol. The quantitative estimate of drug-likeness (QED) is 0.242. The van der Waals surface area contributed by atoms with Gasteiger partial charge in [-0.15, -0.1) is 0 Å². The number of hydrogen-bond donors (Lipinski definition) is 1. The summed E-state index contributed by atoms with van der Waals surface area (Å²) in [5.74, 6) is 2.40. The van der Waals surface area contributed by atoms with Crippen LogP contribution >= 0.6 is 0 Å². The second-order valence-electron chi connectivity index (χ2n) is 11.2. The van der Waals surface area contributed by atoms with Crippen LogP contribution in [0.2, 0.25) is 0 Å². The van der Waals surface area contributed by atoms with Gasteiger partial charge >= 0.3 is 0 Å². The van der Waals surface area contributed by atoms with Gasteiger partial charge < -0.3 is 14.6 Å². The maximum Gasteiger partial charge on any atom is 0.150 e. The first-order valence-electron chi connectivity index (χ1n) is 14.5. The lowest BCUT2D eigenvalue weighted by Crippen LogP contribution is -2.35. The van der Waals surface area contributed by atoms with Crippen LogP contribution in [0.5, 0.6) is 0 Å². The lowest BCUT2D eigenvalue weighted by Gasteiger charge is -2.32. The summed E-state index contributed by atoms with van der Waals surface area (Å²) in [6.45, 7) is 5.12. The Labute approximate surface area is 239 Å². The first-order valence-corrected chi connectivity index (χ1v) is 14.5. The van der Waals surface area contributed by atoms with Gasteiger partial charge in [-0.3, -0.25) is 14.7 Å². The van der Waals surface area contributed by atoms with Gasteiger partial charge in [0.05, 0.1) is 35.7 Å². The molecule has 3 aromatic heterocycles. The Balaban J connectivity index is 0.994. The van der Waals surface area contributed by atoms with E-state index in [4.69, 9.17) is 14.7 Å².